The first-order valence-corrected chi connectivity index (χ1v) is 6.83. The predicted molar refractivity (Wildman–Crippen MR) is 80.5 cm³/mol. The fourth-order valence-electron chi connectivity index (χ4n) is 2.00. The molecular formula is C17H20O4. The largest absolute Gasteiger partial charge is 0.493 e. The molecule has 0 spiro atoms. The summed E-state index contributed by atoms with van der Waals surface area (Å²) in [4.78, 5) is 0. The summed E-state index contributed by atoms with van der Waals surface area (Å²) in [5.74, 6) is 1.07. The third-order valence-corrected chi connectivity index (χ3v) is 3.25. The predicted octanol–water partition coefficient (Wildman–Crippen LogP) is 2.86. The lowest BCUT2D eigenvalue weighted by molar-refractivity contribution is 0.106. The van der Waals surface area contributed by atoms with E-state index in [0.717, 1.165) is 11.1 Å². The van der Waals surface area contributed by atoms with Gasteiger partial charge in [-0.15, -0.1) is 0 Å². The number of rotatable bonds is 6. The second-order valence-electron chi connectivity index (χ2n) is 4.82. The molecule has 2 rings (SSSR count). The summed E-state index contributed by atoms with van der Waals surface area (Å²) in [5, 5.41) is 19.6. The van der Waals surface area contributed by atoms with Crippen molar-refractivity contribution in [2.75, 3.05) is 13.7 Å². The van der Waals surface area contributed by atoms with E-state index in [9.17, 15) is 10.2 Å². The minimum Gasteiger partial charge on any atom is -0.493 e. The fourth-order valence-corrected chi connectivity index (χ4v) is 2.00. The van der Waals surface area contributed by atoms with E-state index in [-0.39, 0.29) is 6.61 Å². The minimum absolute atomic E-state index is 0.133. The fraction of sp³-hybridized carbons (Fsp3) is 0.294. The molecule has 0 aromatic heterocycles. The molecular weight excluding hydrogens is 268 g/mol. The monoisotopic (exact) mass is 288 g/mol. The Labute approximate surface area is 124 Å². The van der Waals surface area contributed by atoms with Crippen molar-refractivity contribution in [2.24, 2.45) is 0 Å². The molecule has 2 aromatic rings. The maximum absolute atomic E-state index is 10.1. The first-order chi connectivity index (χ1) is 10.1. The Balaban J connectivity index is 2.06. The van der Waals surface area contributed by atoms with Gasteiger partial charge in [0.2, 0.25) is 0 Å². The van der Waals surface area contributed by atoms with Crippen LogP contribution in [0.25, 0.3) is 0 Å². The quantitative estimate of drug-likeness (QED) is 0.858. The Bertz CT molecular complexity index is 566. The smallest absolute Gasteiger partial charge is 0.161 e. The Kier molecular flexibility index (Phi) is 5.20. The molecule has 0 aliphatic rings. The van der Waals surface area contributed by atoms with Crippen LogP contribution in [-0.2, 0) is 0 Å². The summed E-state index contributed by atoms with van der Waals surface area (Å²) in [5.41, 5.74) is 1.56. The molecule has 2 aromatic carbocycles. The van der Waals surface area contributed by atoms with Gasteiger partial charge in [-0.1, -0.05) is 36.4 Å². The maximum Gasteiger partial charge on any atom is 0.161 e. The zero-order valence-electron chi connectivity index (χ0n) is 12.2. The number of hydrogen-bond acceptors (Lipinski definition) is 4. The summed E-state index contributed by atoms with van der Waals surface area (Å²) in [6.45, 7) is 1.82. The molecule has 4 nitrogen and oxygen atoms in total. The van der Waals surface area contributed by atoms with Crippen LogP contribution in [0.5, 0.6) is 11.5 Å². The van der Waals surface area contributed by atoms with Gasteiger partial charge in [0.15, 0.2) is 11.5 Å². The van der Waals surface area contributed by atoms with E-state index in [1.807, 2.05) is 30.3 Å². The first-order valence-electron chi connectivity index (χ1n) is 6.83. The highest BCUT2D eigenvalue weighted by Gasteiger charge is 2.12. The van der Waals surface area contributed by atoms with E-state index in [0.29, 0.717) is 11.5 Å². The topological polar surface area (TPSA) is 58.9 Å². The molecule has 21 heavy (non-hydrogen) atoms. The van der Waals surface area contributed by atoms with Gasteiger partial charge in [0.25, 0.3) is 0 Å². The highest BCUT2D eigenvalue weighted by molar-refractivity contribution is 5.43. The van der Waals surface area contributed by atoms with Crippen molar-refractivity contribution in [3.05, 3.63) is 59.7 Å². The van der Waals surface area contributed by atoms with Crippen molar-refractivity contribution < 1.29 is 19.7 Å². The number of aliphatic hydroxyl groups is 2. The summed E-state index contributed by atoms with van der Waals surface area (Å²) in [7, 11) is 1.54. The highest BCUT2D eigenvalue weighted by Crippen LogP contribution is 2.31. The molecule has 0 aliphatic heterocycles. The molecule has 0 bridgehead atoms. The molecule has 0 saturated heterocycles. The molecule has 0 aliphatic carbocycles. The van der Waals surface area contributed by atoms with Crippen LogP contribution in [0.15, 0.2) is 48.5 Å². The highest BCUT2D eigenvalue weighted by atomic mass is 16.5. The molecule has 2 N–H and O–H groups in total. The standard InChI is InChI=1S/C17H20O4/c1-12(18)14-8-9-16(17(10-14)20-2)21-11-15(19)13-6-4-3-5-7-13/h3-10,12,15,18-19H,11H2,1-2H3/t12-,15?/m1/s1. The molecule has 0 fully saturated rings. The average Bonchev–Trinajstić information content (AvgIpc) is 2.53. The van der Waals surface area contributed by atoms with Crippen molar-refractivity contribution in [1.82, 2.24) is 0 Å². The van der Waals surface area contributed by atoms with Crippen LogP contribution in [0.3, 0.4) is 0 Å². The van der Waals surface area contributed by atoms with Crippen molar-refractivity contribution in [1.29, 1.82) is 0 Å². The van der Waals surface area contributed by atoms with Crippen LogP contribution in [0, 0.1) is 0 Å². The van der Waals surface area contributed by atoms with E-state index in [1.54, 1.807) is 32.2 Å². The van der Waals surface area contributed by atoms with Crippen molar-refractivity contribution in [2.45, 2.75) is 19.1 Å². The van der Waals surface area contributed by atoms with E-state index < -0.39 is 12.2 Å². The van der Waals surface area contributed by atoms with E-state index in [4.69, 9.17) is 9.47 Å². The second-order valence-corrected chi connectivity index (χ2v) is 4.82. The molecule has 4 heteroatoms. The van der Waals surface area contributed by atoms with Gasteiger partial charge in [0.1, 0.15) is 12.7 Å². The van der Waals surface area contributed by atoms with Crippen LogP contribution < -0.4 is 9.47 Å². The van der Waals surface area contributed by atoms with Gasteiger partial charge in [-0.25, -0.2) is 0 Å². The minimum atomic E-state index is -0.702. The zero-order chi connectivity index (χ0) is 15.2. The Morgan fingerprint density at radius 1 is 0.952 bits per heavy atom. The number of hydrogen-bond donors (Lipinski definition) is 2. The zero-order valence-corrected chi connectivity index (χ0v) is 12.2. The van der Waals surface area contributed by atoms with Crippen molar-refractivity contribution in [3.8, 4) is 11.5 Å². The molecule has 0 heterocycles. The first kappa shape index (κ1) is 15.4. The third-order valence-electron chi connectivity index (χ3n) is 3.25. The van der Waals surface area contributed by atoms with Gasteiger partial charge in [0, 0.05) is 0 Å². The van der Waals surface area contributed by atoms with Crippen LogP contribution in [0.2, 0.25) is 0 Å². The number of methoxy groups -OCH3 is 1. The molecule has 1 unspecified atom stereocenters. The lowest BCUT2D eigenvalue weighted by atomic mass is 10.1. The van der Waals surface area contributed by atoms with Gasteiger partial charge < -0.3 is 19.7 Å². The average molecular weight is 288 g/mol. The Morgan fingerprint density at radius 3 is 2.29 bits per heavy atom. The molecule has 0 amide bonds. The number of ether oxygens (including phenoxy) is 2. The van der Waals surface area contributed by atoms with Crippen LogP contribution in [-0.4, -0.2) is 23.9 Å². The number of benzene rings is 2. The SMILES string of the molecule is COc1cc([C@@H](C)O)ccc1OCC(O)c1ccccc1. The molecule has 112 valence electrons. The Morgan fingerprint density at radius 2 is 1.67 bits per heavy atom. The second kappa shape index (κ2) is 7.11. The van der Waals surface area contributed by atoms with Crippen LogP contribution in [0.4, 0.5) is 0 Å². The van der Waals surface area contributed by atoms with Gasteiger partial charge in [-0.3, -0.25) is 0 Å². The summed E-state index contributed by atoms with van der Waals surface area (Å²) < 4.78 is 10.9. The Hall–Kier alpha value is -2.04. The van der Waals surface area contributed by atoms with Crippen LogP contribution >= 0.6 is 0 Å². The molecule has 0 radical (unpaired) electrons. The van der Waals surface area contributed by atoms with E-state index >= 15 is 0 Å². The van der Waals surface area contributed by atoms with Gasteiger partial charge >= 0.3 is 0 Å². The third kappa shape index (κ3) is 3.97. The molecule has 0 saturated carbocycles. The molecule has 2 atom stereocenters. The summed E-state index contributed by atoms with van der Waals surface area (Å²) in [6, 6.07) is 14.6. The van der Waals surface area contributed by atoms with E-state index in [2.05, 4.69) is 0 Å². The van der Waals surface area contributed by atoms with Crippen LogP contribution in [0.1, 0.15) is 30.3 Å². The van der Waals surface area contributed by atoms with Gasteiger partial charge in [-0.2, -0.15) is 0 Å². The van der Waals surface area contributed by atoms with E-state index in [1.165, 1.54) is 0 Å². The van der Waals surface area contributed by atoms with Crippen molar-refractivity contribution in [3.63, 3.8) is 0 Å². The summed E-state index contributed by atoms with van der Waals surface area (Å²) >= 11 is 0. The normalized spacial score (nSPS) is 13.5. The summed E-state index contributed by atoms with van der Waals surface area (Å²) in [6.07, 6.45) is -1.27. The van der Waals surface area contributed by atoms with Gasteiger partial charge in [-0.05, 0) is 30.2 Å². The van der Waals surface area contributed by atoms with Gasteiger partial charge in [0.05, 0.1) is 13.2 Å². The maximum atomic E-state index is 10.1. The lowest BCUT2D eigenvalue weighted by Gasteiger charge is -2.16. The van der Waals surface area contributed by atoms with Crippen molar-refractivity contribution >= 4 is 0 Å². The lowest BCUT2D eigenvalue weighted by Crippen LogP contribution is -2.10. The number of aliphatic hydroxyl groups excluding tert-OH is 2.